The van der Waals surface area contributed by atoms with E-state index in [1.165, 1.54) is 4.90 Å². The SMILES string of the molecule is N#CC[C@H]1CN(c2nc(OCCCN3C[C@@H]4C[C@H]3CO4)nc3c2CCNC3)CCN1C(=O)O. The highest BCUT2D eigenvalue weighted by atomic mass is 16.5. The van der Waals surface area contributed by atoms with E-state index in [4.69, 9.17) is 14.5 Å². The second-order valence-corrected chi connectivity index (χ2v) is 9.16. The first kappa shape index (κ1) is 22.1. The number of nitrogens with one attached hydrogen (secondary N) is 1. The van der Waals surface area contributed by atoms with Gasteiger partial charge in [0.2, 0.25) is 0 Å². The fourth-order valence-electron chi connectivity index (χ4n) is 5.41. The number of nitrogens with zero attached hydrogens (tertiary/aromatic N) is 6. The van der Waals surface area contributed by atoms with Gasteiger partial charge in [-0.2, -0.15) is 15.2 Å². The number of piperazine rings is 1. The van der Waals surface area contributed by atoms with Gasteiger partial charge in [-0.15, -0.1) is 0 Å². The number of ether oxygens (including phenoxy) is 2. The van der Waals surface area contributed by atoms with Crippen LogP contribution in [0.25, 0.3) is 0 Å². The molecule has 3 fully saturated rings. The van der Waals surface area contributed by atoms with Crippen molar-refractivity contribution in [2.45, 2.75) is 50.4 Å². The molecule has 0 aliphatic carbocycles. The largest absolute Gasteiger partial charge is 0.465 e. The molecule has 2 N–H and O–H groups in total. The maximum atomic E-state index is 11.6. The zero-order chi connectivity index (χ0) is 22.8. The zero-order valence-corrected chi connectivity index (χ0v) is 18.8. The molecule has 0 radical (unpaired) electrons. The molecule has 4 aliphatic rings. The molecule has 3 atom stereocenters. The number of hydrogen-bond donors (Lipinski definition) is 2. The Balaban J connectivity index is 1.26. The summed E-state index contributed by atoms with van der Waals surface area (Å²) in [5.41, 5.74) is 2.03. The topological polar surface area (TPSA) is 127 Å². The maximum Gasteiger partial charge on any atom is 0.407 e. The number of carbonyl (C=O) groups is 1. The molecule has 11 heteroatoms. The smallest absolute Gasteiger partial charge is 0.407 e. The predicted octanol–water partition coefficient (Wildman–Crippen LogP) is 0.447. The lowest BCUT2D eigenvalue weighted by Gasteiger charge is -2.40. The number of anilines is 1. The van der Waals surface area contributed by atoms with Gasteiger partial charge >= 0.3 is 12.1 Å². The molecular weight excluding hydrogens is 426 g/mol. The van der Waals surface area contributed by atoms with Crippen LogP contribution in [0, 0.1) is 11.3 Å². The molecule has 11 nitrogen and oxygen atoms in total. The fraction of sp³-hybridized carbons (Fsp3) is 0.727. The van der Waals surface area contributed by atoms with Crippen molar-refractivity contribution in [3.63, 3.8) is 0 Å². The molecule has 2 bridgehead atoms. The van der Waals surface area contributed by atoms with Gasteiger partial charge in [0.15, 0.2) is 0 Å². The summed E-state index contributed by atoms with van der Waals surface area (Å²) >= 11 is 0. The van der Waals surface area contributed by atoms with Crippen LogP contribution in [0.1, 0.15) is 30.5 Å². The Morgan fingerprint density at radius 1 is 1.33 bits per heavy atom. The third-order valence-electron chi connectivity index (χ3n) is 7.08. The molecule has 4 aliphatic heterocycles. The monoisotopic (exact) mass is 457 g/mol. The average molecular weight is 458 g/mol. The van der Waals surface area contributed by atoms with E-state index in [0.29, 0.717) is 50.9 Å². The lowest BCUT2D eigenvalue weighted by molar-refractivity contribution is 0.0287. The third-order valence-corrected chi connectivity index (χ3v) is 7.08. The van der Waals surface area contributed by atoms with Gasteiger partial charge in [0.1, 0.15) is 5.82 Å². The number of rotatable bonds is 7. The second-order valence-electron chi connectivity index (χ2n) is 9.16. The maximum absolute atomic E-state index is 11.6. The molecule has 0 spiro atoms. The average Bonchev–Trinajstić information content (AvgIpc) is 3.45. The van der Waals surface area contributed by atoms with E-state index < -0.39 is 6.09 Å². The molecule has 3 saturated heterocycles. The van der Waals surface area contributed by atoms with Crippen molar-refractivity contribution in [2.75, 3.05) is 57.4 Å². The summed E-state index contributed by atoms with van der Waals surface area (Å²) in [4.78, 5) is 27.0. The van der Waals surface area contributed by atoms with Crippen molar-refractivity contribution in [1.29, 1.82) is 5.26 Å². The van der Waals surface area contributed by atoms with E-state index >= 15 is 0 Å². The molecule has 1 aromatic rings. The number of carboxylic acid groups (broad SMARTS) is 1. The Kier molecular flexibility index (Phi) is 6.48. The Morgan fingerprint density at radius 2 is 2.24 bits per heavy atom. The normalized spacial score (nSPS) is 26.8. The van der Waals surface area contributed by atoms with Crippen molar-refractivity contribution in [3.8, 4) is 12.1 Å². The van der Waals surface area contributed by atoms with Crippen LogP contribution in [0.5, 0.6) is 6.01 Å². The first-order chi connectivity index (χ1) is 16.1. The van der Waals surface area contributed by atoms with Gasteiger partial charge in [0.05, 0.1) is 43.5 Å². The van der Waals surface area contributed by atoms with E-state index in [1.54, 1.807) is 0 Å². The molecular formula is C22H31N7O4. The summed E-state index contributed by atoms with van der Waals surface area (Å²) in [6, 6.07) is 2.67. The molecule has 1 amide bonds. The van der Waals surface area contributed by atoms with Gasteiger partial charge in [-0.05, 0) is 25.8 Å². The van der Waals surface area contributed by atoms with E-state index in [2.05, 4.69) is 26.2 Å². The molecule has 0 unspecified atom stereocenters. The molecule has 0 saturated carbocycles. The van der Waals surface area contributed by atoms with Crippen molar-refractivity contribution in [3.05, 3.63) is 11.3 Å². The molecule has 5 rings (SSSR count). The van der Waals surface area contributed by atoms with Crippen LogP contribution in [-0.4, -0.2) is 102 Å². The summed E-state index contributed by atoms with van der Waals surface area (Å²) in [5.74, 6) is 0.818. The summed E-state index contributed by atoms with van der Waals surface area (Å²) in [6.45, 7) is 6.22. The van der Waals surface area contributed by atoms with Crippen molar-refractivity contribution in [2.24, 2.45) is 0 Å². The summed E-state index contributed by atoms with van der Waals surface area (Å²) in [6.07, 6.45) is 2.44. The van der Waals surface area contributed by atoms with Crippen molar-refractivity contribution >= 4 is 11.9 Å². The standard InChI is InChI=1S/C22H31N7O4/c23-4-2-15-12-28(7-8-29(15)22(30)31)20-18-3-5-24-11-19(18)25-21(26-20)32-9-1-6-27-13-17-10-16(27)14-33-17/h15-17,24H,1-3,5-14H2,(H,30,31)/t15-,16-,17-/m0/s1. The van der Waals surface area contributed by atoms with Crippen LogP contribution >= 0.6 is 0 Å². The van der Waals surface area contributed by atoms with Crippen LogP contribution in [0.15, 0.2) is 0 Å². The fourth-order valence-corrected chi connectivity index (χ4v) is 5.41. The predicted molar refractivity (Wildman–Crippen MR) is 118 cm³/mol. The lowest BCUT2D eigenvalue weighted by Crippen LogP contribution is -2.55. The minimum absolute atomic E-state index is 0.157. The molecule has 178 valence electrons. The van der Waals surface area contributed by atoms with Crippen LogP contribution < -0.4 is 15.0 Å². The minimum atomic E-state index is -0.981. The third kappa shape index (κ3) is 4.69. The van der Waals surface area contributed by atoms with Crippen LogP contribution in [0.2, 0.25) is 0 Å². The number of hydrogen-bond acceptors (Lipinski definition) is 9. The lowest BCUT2D eigenvalue weighted by atomic mass is 10.0. The van der Waals surface area contributed by atoms with Crippen molar-refractivity contribution in [1.82, 2.24) is 25.1 Å². The van der Waals surface area contributed by atoms with Gasteiger partial charge in [0, 0.05) is 50.9 Å². The van der Waals surface area contributed by atoms with Gasteiger partial charge in [-0.1, -0.05) is 0 Å². The summed E-state index contributed by atoms with van der Waals surface area (Å²) in [5, 5.41) is 22.0. The minimum Gasteiger partial charge on any atom is -0.465 e. The quantitative estimate of drug-likeness (QED) is 0.557. The number of amides is 1. The molecule has 1 aromatic heterocycles. The van der Waals surface area contributed by atoms with Crippen molar-refractivity contribution < 1.29 is 19.4 Å². The Labute approximate surface area is 193 Å². The number of likely N-dealkylation sites (tertiary alicyclic amines) is 1. The zero-order valence-electron chi connectivity index (χ0n) is 18.8. The molecule has 5 heterocycles. The van der Waals surface area contributed by atoms with Crippen LogP contribution in [0.3, 0.4) is 0 Å². The Hall–Kier alpha value is -2.68. The highest BCUT2D eigenvalue weighted by Gasteiger charge is 2.38. The second kappa shape index (κ2) is 9.67. The highest BCUT2D eigenvalue weighted by Crippen LogP contribution is 2.29. The van der Waals surface area contributed by atoms with Gasteiger partial charge in [-0.25, -0.2) is 4.79 Å². The summed E-state index contributed by atoms with van der Waals surface area (Å²) in [7, 11) is 0. The van der Waals surface area contributed by atoms with Gasteiger partial charge < -0.3 is 29.7 Å². The highest BCUT2D eigenvalue weighted by molar-refractivity contribution is 5.66. The molecule has 33 heavy (non-hydrogen) atoms. The Bertz CT molecular complexity index is 923. The van der Waals surface area contributed by atoms with E-state index in [0.717, 1.165) is 62.6 Å². The van der Waals surface area contributed by atoms with Gasteiger partial charge in [0.25, 0.3) is 0 Å². The molecule has 0 aromatic carbocycles. The van der Waals surface area contributed by atoms with Gasteiger partial charge in [-0.3, -0.25) is 4.90 Å². The van der Waals surface area contributed by atoms with Crippen LogP contribution in [0.4, 0.5) is 10.6 Å². The number of fused-ring (bicyclic) bond motifs is 3. The Morgan fingerprint density at radius 3 is 3.00 bits per heavy atom. The number of nitriles is 1. The summed E-state index contributed by atoms with van der Waals surface area (Å²) < 4.78 is 11.7. The number of morpholine rings is 1. The number of aromatic nitrogens is 2. The van der Waals surface area contributed by atoms with Crippen LogP contribution in [-0.2, 0) is 17.7 Å². The van der Waals surface area contributed by atoms with E-state index in [9.17, 15) is 15.2 Å². The first-order valence-electron chi connectivity index (χ1n) is 11.8. The first-order valence-corrected chi connectivity index (χ1v) is 11.8. The van der Waals surface area contributed by atoms with E-state index in [-0.39, 0.29) is 12.5 Å². The van der Waals surface area contributed by atoms with E-state index in [1.807, 2.05) is 0 Å².